The Morgan fingerprint density at radius 2 is 1.96 bits per heavy atom. The molecule has 2 N–H and O–H groups in total. The monoisotopic (exact) mass is 309 g/mol. The molecule has 1 saturated heterocycles. The van der Waals surface area contributed by atoms with Crippen molar-refractivity contribution in [2.75, 3.05) is 32.0 Å². The Hall–Kier alpha value is -2.33. The first-order valence-corrected chi connectivity index (χ1v) is 7.82. The van der Waals surface area contributed by atoms with Gasteiger partial charge in [-0.15, -0.1) is 0 Å². The average molecular weight is 309 g/mol. The van der Waals surface area contributed by atoms with Gasteiger partial charge in [0.1, 0.15) is 0 Å². The topological polar surface area (TPSA) is 55.6 Å². The Kier molecular flexibility index (Phi) is 4.35. The zero-order valence-corrected chi connectivity index (χ0v) is 13.6. The van der Waals surface area contributed by atoms with E-state index in [0.717, 1.165) is 27.9 Å². The first-order chi connectivity index (χ1) is 11.1. The molecule has 0 aliphatic carbocycles. The minimum Gasteiger partial charge on any atom is -0.398 e. The molecule has 1 aliphatic rings. The lowest BCUT2D eigenvalue weighted by atomic mass is 9.93. The predicted octanol–water partition coefficient (Wildman–Crippen LogP) is 2.83. The van der Waals surface area contributed by atoms with Crippen molar-refractivity contribution in [2.24, 2.45) is 0 Å². The second-order valence-corrected chi connectivity index (χ2v) is 5.89. The Balaban J connectivity index is 2.08. The number of benzene rings is 2. The zero-order chi connectivity index (χ0) is 16.4. The minimum atomic E-state index is 0.00474. The standard InChI is InChI=1S/C19H21N2O2/c1-13-6-7-16(19(22)21-8-10-23-11-9-21)17(12-13)15-4-3-5-18(20)14(15)2/h3-6,12H,8-11,20H2,1-2H3. The highest BCUT2D eigenvalue weighted by Crippen LogP contribution is 2.31. The van der Waals surface area contributed by atoms with E-state index in [0.29, 0.717) is 31.9 Å². The lowest BCUT2D eigenvalue weighted by Crippen LogP contribution is -2.40. The van der Waals surface area contributed by atoms with Crippen molar-refractivity contribution in [1.82, 2.24) is 4.90 Å². The maximum absolute atomic E-state index is 12.9. The van der Waals surface area contributed by atoms with Crippen LogP contribution < -0.4 is 5.73 Å². The number of nitrogen functional groups attached to an aromatic ring is 1. The van der Waals surface area contributed by atoms with Crippen molar-refractivity contribution < 1.29 is 9.53 Å². The molecule has 3 rings (SSSR count). The van der Waals surface area contributed by atoms with Gasteiger partial charge in [0.05, 0.1) is 18.8 Å². The second kappa shape index (κ2) is 6.42. The highest BCUT2D eigenvalue weighted by Gasteiger charge is 2.22. The third-order valence-electron chi connectivity index (χ3n) is 4.26. The molecule has 0 bridgehead atoms. The fourth-order valence-corrected chi connectivity index (χ4v) is 2.86. The molecule has 4 heteroatoms. The van der Waals surface area contributed by atoms with Gasteiger partial charge in [0.25, 0.3) is 5.91 Å². The van der Waals surface area contributed by atoms with Crippen molar-refractivity contribution in [3.05, 3.63) is 53.1 Å². The number of morpholine rings is 1. The van der Waals surface area contributed by atoms with Gasteiger partial charge in [-0.05, 0) is 48.2 Å². The van der Waals surface area contributed by atoms with Crippen LogP contribution in [0.3, 0.4) is 0 Å². The molecule has 0 atom stereocenters. The van der Waals surface area contributed by atoms with Crippen LogP contribution in [0.2, 0.25) is 0 Å². The smallest absolute Gasteiger partial charge is 0.255 e. The molecule has 1 aliphatic heterocycles. The average Bonchev–Trinajstić information content (AvgIpc) is 2.57. The summed E-state index contributed by atoms with van der Waals surface area (Å²) in [6.07, 6.45) is 0. The number of ether oxygens (including phenoxy) is 1. The van der Waals surface area contributed by atoms with E-state index >= 15 is 0 Å². The summed E-state index contributed by atoms with van der Waals surface area (Å²) in [6, 6.07) is 12.9. The quantitative estimate of drug-likeness (QED) is 0.868. The van der Waals surface area contributed by atoms with Crippen LogP contribution in [0.5, 0.6) is 0 Å². The molecule has 0 spiro atoms. The van der Waals surface area contributed by atoms with E-state index in [-0.39, 0.29) is 5.91 Å². The summed E-state index contributed by atoms with van der Waals surface area (Å²) >= 11 is 0. The van der Waals surface area contributed by atoms with Crippen LogP contribution >= 0.6 is 0 Å². The Bertz CT molecular complexity index is 734. The fourth-order valence-electron chi connectivity index (χ4n) is 2.86. The normalized spacial score (nSPS) is 14.8. The van der Waals surface area contributed by atoms with Crippen LogP contribution in [0, 0.1) is 19.9 Å². The molecule has 2 aromatic carbocycles. The lowest BCUT2D eigenvalue weighted by Gasteiger charge is -2.27. The van der Waals surface area contributed by atoms with Crippen LogP contribution in [0.15, 0.2) is 30.3 Å². The molecule has 1 heterocycles. The summed E-state index contributed by atoms with van der Waals surface area (Å²) < 4.78 is 5.33. The van der Waals surface area contributed by atoms with Gasteiger partial charge >= 0.3 is 0 Å². The molecule has 4 nitrogen and oxygen atoms in total. The Labute approximate surface area is 136 Å². The van der Waals surface area contributed by atoms with Crippen molar-refractivity contribution in [3.8, 4) is 11.1 Å². The van der Waals surface area contributed by atoms with E-state index < -0.39 is 0 Å². The van der Waals surface area contributed by atoms with Crippen molar-refractivity contribution in [2.45, 2.75) is 13.8 Å². The number of hydrogen-bond donors (Lipinski definition) is 1. The van der Waals surface area contributed by atoms with Gasteiger partial charge < -0.3 is 15.4 Å². The van der Waals surface area contributed by atoms with Crippen LogP contribution in [-0.2, 0) is 4.74 Å². The number of carbonyl (C=O) groups is 1. The Morgan fingerprint density at radius 3 is 2.70 bits per heavy atom. The van der Waals surface area contributed by atoms with E-state index in [4.69, 9.17) is 10.5 Å². The van der Waals surface area contributed by atoms with Gasteiger partial charge in [0.2, 0.25) is 0 Å². The molecule has 0 aromatic heterocycles. The van der Waals surface area contributed by atoms with E-state index in [1.54, 1.807) is 0 Å². The number of amides is 1. The molecule has 1 fully saturated rings. The fraction of sp³-hybridized carbons (Fsp3) is 0.316. The number of hydrogen-bond acceptors (Lipinski definition) is 3. The number of anilines is 1. The van der Waals surface area contributed by atoms with Crippen molar-refractivity contribution in [1.29, 1.82) is 0 Å². The van der Waals surface area contributed by atoms with Gasteiger partial charge in [-0.2, -0.15) is 0 Å². The summed E-state index contributed by atoms with van der Waals surface area (Å²) in [4.78, 5) is 14.7. The van der Waals surface area contributed by atoms with E-state index in [9.17, 15) is 4.79 Å². The molecular formula is C19H21N2O2. The van der Waals surface area contributed by atoms with Crippen molar-refractivity contribution >= 4 is 11.6 Å². The van der Waals surface area contributed by atoms with E-state index in [1.807, 2.05) is 49.1 Å². The summed E-state index contributed by atoms with van der Waals surface area (Å²) in [7, 11) is 0. The van der Waals surface area contributed by atoms with Gasteiger partial charge in [-0.25, -0.2) is 0 Å². The van der Waals surface area contributed by atoms with Gasteiger partial charge in [0, 0.05) is 18.8 Å². The summed E-state index contributed by atoms with van der Waals surface area (Å²) in [5, 5.41) is 0. The number of carbonyl (C=O) groups excluding carboxylic acids is 1. The van der Waals surface area contributed by atoms with Crippen LogP contribution in [-0.4, -0.2) is 37.1 Å². The first kappa shape index (κ1) is 15.6. The van der Waals surface area contributed by atoms with Gasteiger partial charge in [-0.1, -0.05) is 24.3 Å². The van der Waals surface area contributed by atoms with Gasteiger partial charge in [-0.3, -0.25) is 4.79 Å². The maximum Gasteiger partial charge on any atom is 0.255 e. The highest BCUT2D eigenvalue weighted by atomic mass is 16.5. The summed E-state index contributed by atoms with van der Waals surface area (Å²) in [5.74, 6) is 0.00474. The van der Waals surface area contributed by atoms with E-state index in [1.165, 1.54) is 0 Å². The predicted molar refractivity (Wildman–Crippen MR) is 91.3 cm³/mol. The molecule has 1 amide bonds. The zero-order valence-electron chi connectivity index (χ0n) is 13.6. The number of rotatable bonds is 2. The van der Waals surface area contributed by atoms with Crippen LogP contribution in [0.25, 0.3) is 11.1 Å². The number of nitrogens with two attached hydrogens (primary N) is 1. The molecule has 23 heavy (non-hydrogen) atoms. The molecule has 0 unspecified atom stereocenters. The number of nitrogens with zero attached hydrogens (tertiary/aromatic N) is 1. The largest absolute Gasteiger partial charge is 0.398 e. The minimum absolute atomic E-state index is 0.00474. The van der Waals surface area contributed by atoms with E-state index in [2.05, 4.69) is 6.07 Å². The van der Waals surface area contributed by atoms with Gasteiger partial charge in [0.15, 0.2) is 0 Å². The highest BCUT2D eigenvalue weighted by molar-refractivity contribution is 6.01. The van der Waals surface area contributed by atoms with Crippen LogP contribution in [0.1, 0.15) is 21.5 Å². The third kappa shape index (κ3) is 3.08. The maximum atomic E-state index is 12.9. The SMILES string of the molecule is Cc1c[c]c(C(=O)N2CCOCC2)c(-c2cccc(N)c2C)c1. The van der Waals surface area contributed by atoms with Crippen LogP contribution in [0.4, 0.5) is 5.69 Å². The number of aryl methyl sites for hydroxylation is 1. The molecule has 0 saturated carbocycles. The summed E-state index contributed by atoms with van der Waals surface area (Å²) in [5.41, 5.74) is 11.3. The Morgan fingerprint density at radius 1 is 1.22 bits per heavy atom. The molecular weight excluding hydrogens is 288 g/mol. The lowest BCUT2D eigenvalue weighted by molar-refractivity contribution is 0.0303. The first-order valence-electron chi connectivity index (χ1n) is 7.82. The molecule has 2 aromatic rings. The summed E-state index contributed by atoms with van der Waals surface area (Å²) in [6.45, 7) is 6.40. The third-order valence-corrected chi connectivity index (χ3v) is 4.26. The second-order valence-electron chi connectivity index (χ2n) is 5.89. The molecule has 119 valence electrons. The van der Waals surface area contributed by atoms with Crippen molar-refractivity contribution in [3.63, 3.8) is 0 Å². The molecule has 1 radical (unpaired) electrons.